The molecule has 0 aromatic heterocycles. The normalized spacial score (nSPS) is 10.7. The molecular formula is C12H28N2O. The van der Waals surface area contributed by atoms with Gasteiger partial charge in [0, 0.05) is 27.5 Å². The Labute approximate surface area is 95.7 Å². The number of hydrogen-bond acceptors (Lipinski definition) is 2. The van der Waals surface area contributed by atoms with E-state index in [1.807, 2.05) is 18.9 Å². The van der Waals surface area contributed by atoms with Crippen molar-refractivity contribution >= 4 is 5.91 Å². The topological polar surface area (TPSA) is 32.3 Å². The van der Waals surface area contributed by atoms with Crippen LogP contribution in [0.2, 0.25) is 0 Å². The first-order chi connectivity index (χ1) is 7.07. The molecule has 3 nitrogen and oxygen atoms in total. The summed E-state index contributed by atoms with van der Waals surface area (Å²) in [4.78, 5) is 13.3. The lowest BCUT2D eigenvalue weighted by Gasteiger charge is -2.16. The quantitative estimate of drug-likeness (QED) is 0.631. The van der Waals surface area contributed by atoms with E-state index in [2.05, 4.69) is 19.2 Å². The monoisotopic (exact) mass is 216 g/mol. The Morgan fingerprint density at radius 2 is 2.07 bits per heavy atom. The third kappa shape index (κ3) is 8.43. The Morgan fingerprint density at radius 1 is 1.40 bits per heavy atom. The van der Waals surface area contributed by atoms with Gasteiger partial charge < -0.3 is 10.2 Å². The fourth-order valence-corrected chi connectivity index (χ4v) is 1.39. The van der Waals surface area contributed by atoms with Crippen molar-refractivity contribution < 1.29 is 6.22 Å². The van der Waals surface area contributed by atoms with Crippen LogP contribution in [0.3, 0.4) is 0 Å². The van der Waals surface area contributed by atoms with Gasteiger partial charge in [0.2, 0.25) is 5.91 Å². The van der Waals surface area contributed by atoms with Gasteiger partial charge in [-0.25, -0.2) is 0 Å². The van der Waals surface area contributed by atoms with Crippen molar-refractivity contribution in [3.8, 4) is 0 Å². The van der Waals surface area contributed by atoms with E-state index in [1.165, 1.54) is 0 Å². The van der Waals surface area contributed by atoms with Crippen LogP contribution in [0.1, 0.15) is 47.9 Å². The smallest absolute Gasteiger partial charge is 0.222 e. The van der Waals surface area contributed by atoms with Crippen molar-refractivity contribution in [2.45, 2.75) is 52.5 Å². The van der Waals surface area contributed by atoms with Gasteiger partial charge in [-0.1, -0.05) is 20.8 Å². The molecule has 0 fully saturated rings. The van der Waals surface area contributed by atoms with Crippen LogP contribution in [-0.4, -0.2) is 37.0 Å². The van der Waals surface area contributed by atoms with Crippen LogP contribution < -0.4 is 5.32 Å². The number of carbonyl (C=O) groups excluding carboxylic acids is 1. The molecule has 0 heterocycles. The van der Waals surface area contributed by atoms with Crippen molar-refractivity contribution in [3.63, 3.8) is 0 Å². The minimum absolute atomic E-state index is 0. The van der Waals surface area contributed by atoms with Gasteiger partial charge in [-0.2, -0.15) is 0 Å². The van der Waals surface area contributed by atoms with Crippen LogP contribution in [0.25, 0.3) is 0 Å². The second-order valence-electron chi connectivity index (χ2n) is 4.38. The van der Waals surface area contributed by atoms with Crippen LogP contribution in [0, 0.1) is 0 Å². The molecule has 0 unspecified atom stereocenters. The van der Waals surface area contributed by atoms with Crippen LogP contribution in [-0.2, 0) is 4.79 Å². The average Bonchev–Trinajstić information content (AvgIpc) is 2.16. The third-order valence-corrected chi connectivity index (χ3v) is 2.36. The van der Waals surface area contributed by atoms with Gasteiger partial charge in [0.05, 0.1) is 0 Å². The molecule has 92 valence electrons. The zero-order chi connectivity index (χ0) is 11.7. The zero-order valence-electron chi connectivity index (χ0n) is 10.7. The predicted octanol–water partition coefficient (Wildman–Crippen LogP) is 2.27. The van der Waals surface area contributed by atoms with Crippen LogP contribution in [0.4, 0.5) is 0 Å². The molecule has 0 radical (unpaired) electrons. The van der Waals surface area contributed by atoms with Crippen LogP contribution in [0.15, 0.2) is 0 Å². The fraction of sp³-hybridized carbons (Fsp3) is 0.917. The number of carbonyl (C=O) groups is 1. The molecule has 0 aromatic carbocycles. The van der Waals surface area contributed by atoms with Gasteiger partial charge in [-0.05, 0) is 25.8 Å². The Balaban J connectivity index is 0. The molecule has 0 spiro atoms. The zero-order valence-corrected chi connectivity index (χ0v) is 10.7. The minimum Gasteiger partial charge on any atom is -0.346 e. The molecule has 0 bridgehead atoms. The van der Waals surface area contributed by atoms with Crippen molar-refractivity contribution in [2.24, 2.45) is 0 Å². The van der Waals surface area contributed by atoms with E-state index in [0.29, 0.717) is 12.5 Å². The highest BCUT2D eigenvalue weighted by atomic mass is 16.2. The first kappa shape index (κ1) is 14.4. The van der Waals surface area contributed by atoms with E-state index < -0.39 is 0 Å². The Morgan fingerprint density at radius 3 is 2.60 bits per heavy atom. The molecule has 0 aromatic rings. The third-order valence-electron chi connectivity index (χ3n) is 2.36. The highest BCUT2D eigenvalue weighted by Crippen LogP contribution is 1.97. The van der Waals surface area contributed by atoms with Gasteiger partial charge in [0.25, 0.3) is 0 Å². The largest absolute Gasteiger partial charge is 0.346 e. The highest BCUT2D eigenvalue weighted by Gasteiger charge is 2.05. The maximum atomic E-state index is 11.4. The van der Waals surface area contributed by atoms with Gasteiger partial charge in [-0.15, -0.1) is 0 Å². The SMILES string of the molecule is CCCC(=O)N(C)CCCCNC(C)C.[HH]. The molecule has 0 saturated carbocycles. The van der Waals surface area contributed by atoms with Crippen LogP contribution in [0.5, 0.6) is 0 Å². The molecule has 0 aliphatic carbocycles. The first-order valence-corrected chi connectivity index (χ1v) is 6.05. The summed E-state index contributed by atoms with van der Waals surface area (Å²) in [6, 6.07) is 0.560. The predicted molar refractivity (Wildman–Crippen MR) is 67.0 cm³/mol. The second kappa shape index (κ2) is 8.72. The second-order valence-corrected chi connectivity index (χ2v) is 4.38. The summed E-state index contributed by atoms with van der Waals surface area (Å²) in [6.45, 7) is 8.28. The number of unbranched alkanes of at least 4 members (excludes halogenated alkanes) is 1. The maximum Gasteiger partial charge on any atom is 0.222 e. The summed E-state index contributed by atoms with van der Waals surface area (Å²) in [7, 11) is 1.90. The number of nitrogens with one attached hydrogen (secondary N) is 1. The Kier molecular flexibility index (Phi) is 8.38. The van der Waals surface area contributed by atoms with Gasteiger partial charge in [0.15, 0.2) is 0 Å². The van der Waals surface area contributed by atoms with E-state index >= 15 is 0 Å². The molecule has 0 atom stereocenters. The Hall–Kier alpha value is -0.570. The lowest BCUT2D eigenvalue weighted by Crippen LogP contribution is -2.28. The number of nitrogens with zero attached hydrogens (tertiary/aromatic N) is 1. The summed E-state index contributed by atoms with van der Waals surface area (Å²) in [5.41, 5.74) is 0. The summed E-state index contributed by atoms with van der Waals surface area (Å²) in [6.07, 6.45) is 3.85. The van der Waals surface area contributed by atoms with E-state index in [4.69, 9.17) is 0 Å². The maximum absolute atomic E-state index is 11.4. The van der Waals surface area contributed by atoms with Gasteiger partial charge in [0.1, 0.15) is 0 Å². The molecule has 1 amide bonds. The fourth-order valence-electron chi connectivity index (χ4n) is 1.39. The average molecular weight is 216 g/mol. The summed E-state index contributed by atoms with van der Waals surface area (Å²) in [5, 5.41) is 3.37. The van der Waals surface area contributed by atoms with E-state index in [0.717, 1.165) is 32.4 Å². The standard InChI is InChI=1S/C12H26N2O.H2/c1-5-8-12(15)14(4)10-7-6-9-13-11(2)3;/h11,13H,5-10H2,1-4H3;1H. The lowest BCUT2D eigenvalue weighted by atomic mass is 10.2. The highest BCUT2D eigenvalue weighted by molar-refractivity contribution is 5.75. The van der Waals surface area contributed by atoms with Gasteiger partial charge >= 0.3 is 0 Å². The molecule has 15 heavy (non-hydrogen) atoms. The molecule has 3 heteroatoms. The first-order valence-electron chi connectivity index (χ1n) is 6.05. The summed E-state index contributed by atoms with van der Waals surface area (Å²) in [5.74, 6) is 0.273. The molecule has 0 aliphatic rings. The number of hydrogen-bond donors (Lipinski definition) is 1. The van der Waals surface area contributed by atoms with Crippen molar-refractivity contribution in [1.82, 2.24) is 10.2 Å². The van der Waals surface area contributed by atoms with Crippen molar-refractivity contribution in [1.29, 1.82) is 0 Å². The summed E-state index contributed by atoms with van der Waals surface area (Å²) >= 11 is 0. The lowest BCUT2D eigenvalue weighted by molar-refractivity contribution is -0.129. The molecule has 0 rings (SSSR count). The van der Waals surface area contributed by atoms with Crippen molar-refractivity contribution in [2.75, 3.05) is 20.1 Å². The molecular weight excluding hydrogens is 188 g/mol. The van der Waals surface area contributed by atoms with Gasteiger partial charge in [-0.3, -0.25) is 4.79 Å². The molecule has 1 N–H and O–H groups in total. The van der Waals surface area contributed by atoms with Crippen molar-refractivity contribution in [3.05, 3.63) is 0 Å². The number of amides is 1. The minimum atomic E-state index is 0. The van der Waals surface area contributed by atoms with E-state index in [1.54, 1.807) is 0 Å². The number of rotatable bonds is 8. The van der Waals surface area contributed by atoms with E-state index in [-0.39, 0.29) is 7.33 Å². The van der Waals surface area contributed by atoms with Crippen LogP contribution >= 0.6 is 0 Å². The molecule has 0 saturated heterocycles. The summed E-state index contributed by atoms with van der Waals surface area (Å²) < 4.78 is 0. The Bertz CT molecular complexity index is 174. The molecule has 0 aliphatic heterocycles. The van der Waals surface area contributed by atoms with E-state index in [9.17, 15) is 4.79 Å².